The van der Waals surface area contributed by atoms with E-state index in [1.54, 1.807) is 10.8 Å². The molecular formula is C13H18BrNO3. The molecule has 4 nitrogen and oxygen atoms in total. The topological polar surface area (TPSA) is 40.5 Å². The minimum atomic E-state index is -0.0947. The number of ether oxygens (including phenoxy) is 2. The average Bonchev–Trinajstić information content (AvgIpc) is 2.36. The van der Waals surface area contributed by atoms with Gasteiger partial charge in [0.2, 0.25) is 0 Å². The second kappa shape index (κ2) is 6.50. The molecule has 0 aromatic carbocycles. The maximum Gasteiger partial charge on any atom is 0.253 e. The molecule has 5 heteroatoms. The molecular weight excluding hydrogens is 298 g/mol. The van der Waals surface area contributed by atoms with E-state index in [0.717, 1.165) is 35.9 Å². The lowest BCUT2D eigenvalue weighted by molar-refractivity contribution is -0.163. The van der Waals surface area contributed by atoms with Gasteiger partial charge in [-0.1, -0.05) is 0 Å². The Labute approximate surface area is 115 Å². The quantitative estimate of drug-likeness (QED) is 0.857. The van der Waals surface area contributed by atoms with Gasteiger partial charge in [-0.05, 0) is 48.2 Å². The van der Waals surface area contributed by atoms with Crippen LogP contribution in [0.2, 0.25) is 0 Å². The highest BCUT2D eigenvalue weighted by Gasteiger charge is 2.13. The van der Waals surface area contributed by atoms with Crippen molar-refractivity contribution in [1.29, 1.82) is 0 Å². The first kappa shape index (κ1) is 13.8. The molecule has 1 aromatic rings. The number of pyridine rings is 1. The van der Waals surface area contributed by atoms with Gasteiger partial charge in [0.15, 0.2) is 6.29 Å². The van der Waals surface area contributed by atoms with Crippen LogP contribution in [-0.4, -0.2) is 24.1 Å². The predicted octanol–water partition coefficient (Wildman–Crippen LogP) is 2.46. The first-order valence-electron chi connectivity index (χ1n) is 6.26. The van der Waals surface area contributed by atoms with E-state index in [9.17, 15) is 4.79 Å². The van der Waals surface area contributed by atoms with Gasteiger partial charge < -0.3 is 14.0 Å². The Balaban J connectivity index is 1.88. The van der Waals surface area contributed by atoms with Gasteiger partial charge in [0.25, 0.3) is 5.56 Å². The molecule has 0 unspecified atom stereocenters. The maximum absolute atomic E-state index is 11.9. The van der Waals surface area contributed by atoms with E-state index in [2.05, 4.69) is 15.9 Å². The standard InChI is InChI=1S/C13H18BrNO3/c1-10-8-11(14)9-15(13(10)16)5-7-18-12-4-2-3-6-17-12/h8-9,12H,2-7H2,1H3/t12-/m1/s1. The fraction of sp³-hybridized carbons (Fsp3) is 0.615. The van der Waals surface area contributed by atoms with Gasteiger partial charge in [-0.25, -0.2) is 0 Å². The van der Waals surface area contributed by atoms with Gasteiger partial charge in [-0.2, -0.15) is 0 Å². The van der Waals surface area contributed by atoms with Gasteiger partial charge in [-0.3, -0.25) is 4.79 Å². The zero-order chi connectivity index (χ0) is 13.0. The molecule has 0 spiro atoms. The molecule has 0 amide bonds. The molecule has 1 aliphatic heterocycles. The van der Waals surface area contributed by atoms with Crippen LogP contribution in [0.25, 0.3) is 0 Å². The van der Waals surface area contributed by atoms with Gasteiger partial charge in [0.1, 0.15) is 0 Å². The molecule has 100 valence electrons. The Kier molecular flexibility index (Phi) is 4.97. The van der Waals surface area contributed by atoms with Crippen molar-refractivity contribution in [3.8, 4) is 0 Å². The molecule has 1 aliphatic rings. The van der Waals surface area contributed by atoms with Crippen LogP contribution in [0, 0.1) is 6.92 Å². The Hall–Kier alpha value is -0.650. The average molecular weight is 316 g/mol. The molecule has 1 fully saturated rings. The van der Waals surface area contributed by atoms with Gasteiger partial charge in [-0.15, -0.1) is 0 Å². The molecule has 0 N–H and O–H groups in total. The highest BCUT2D eigenvalue weighted by molar-refractivity contribution is 9.10. The first-order chi connectivity index (χ1) is 8.66. The smallest absolute Gasteiger partial charge is 0.253 e. The number of rotatable bonds is 4. The Morgan fingerprint density at radius 1 is 1.56 bits per heavy atom. The molecule has 2 rings (SSSR count). The second-order valence-corrected chi connectivity index (χ2v) is 5.42. The zero-order valence-electron chi connectivity index (χ0n) is 10.5. The van der Waals surface area contributed by atoms with Crippen LogP contribution in [-0.2, 0) is 16.0 Å². The summed E-state index contributed by atoms with van der Waals surface area (Å²) in [7, 11) is 0. The van der Waals surface area contributed by atoms with Crippen molar-refractivity contribution in [1.82, 2.24) is 4.57 Å². The normalized spacial score (nSPS) is 20.0. The number of nitrogens with zero attached hydrogens (tertiary/aromatic N) is 1. The largest absolute Gasteiger partial charge is 0.353 e. The molecule has 0 aliphatic carbocycles. The molecule has 2 heterocycles. The SMILES string of the molecule is Cc1cc(Br)cn(CCO[C@@H]2CCCCO2)c1=O. The van der Waals surface area contributed by atoms with Crippen LogP contribution < -0.4 is 5.56 Å². The molecule has 18 heavy (non-hydrogen) atoms. The van der Waals surface area contributed by atoms with Crippen LogP contribution in [0.15, 0.2) is 21.5 Å². The third-order valence-electron chi connectivity index (χ3n) is 3.01. The molecule has 0 saturated carbocycles. The number of hydrogen-bond donors (Lipinski definition) is 0. The van der Waals surface area contributed by atoms with Crippen LogP contribution in [0.5, 0.6) is 0 Å². The van der Waals surface area contributed by atoms with E-state index in [1.807, 2.05) is 13.0 Å². The van der Waals surface area contributed by atoms with E-state index in [1.165, 1.54) is 0 Å². The molecule has 1 saturated heterocycles. The highest BCUT2D eigenvalue weighted by Crippen LogP contribution is 2.13. The summed E-state index contributed by atoms with van der Waals surface area (Å²) in [4.78, 5) is 11.9. The fourth-order valence-corrected chi connectivity index (χ4v) is 2.62. The van der Waals surface area contributed by atoms with Crippen molar-refractivity contribution >= 4 is 15.9 Å². The second-order valence-electron chi connectivity index (χ2n) is 4.51. The van der Waals surface area contributed by atoms with Crippen LogP contribution in [0.1, 0.15) is 24.8 Å². The third kappa shape index (κ3) is 3.67. The van der Waals surface area contributed by atoms with Gasteiger partial charge >= 0.3 is 0 Å². The summed E-state index contributed by atoms with van der Waals surface area (Å²) in [5.41, 5.74) is 0.768. The van der Waals surface area contributed by atoms with E-state index in [4.69, 9.17) is 9.47 Å². The molecule has 1 atom stereocenters. The Bertz CT molecular complexity index is 452. The zero-order valence-corrected chi connectivity index (χ0v) is 12.1. The van der Waals surface area contributed by atoms with Crippen LogP contribution in [0.4, 0.5) is 0 Å². The third-order valence-corrected chi connectivity index (χ3v) is 3.44. The number of aryl methyl sites for hydroxylation is 1. The summed E-state index contributed by atoms with van der Waals surface area (Å²) < 4.78 is 13.7. The van der Waals surface area contributed by atoms with E-state index < -0.39 is 0 Å². The van der Waals surface area contributed by atoms with E-state index in [0.29, 0.717) is 13.2 Å². The fourth-order valence-electron chi connectivity index (χ4n) is 2.03. The minimum absolute atomic E-state index is 0.0337. The summed E-state index contributed by atoms with van der Waals surface area (Å²) >= 11 is 3.39. The molecule has 0 radical (unpaired) electrons. The number of aromatic nitrogens is 1. The van der Waals surface area contributed by atoms with Gasteiger partial charge in [0, 0.05) is 29.4 Å². The Morgan fingerprint density at radius 3 is 3.11 bits per heavy atom. The first-order valence-corrected chi connectivity index (χ1v) is 7.06. The lowest BCUT2D eigenvalue weighted by Gasteiger charge is -2.22. The Morgan fingerprint density at radius 2 is 2.39 bits per heavy atom. The summed E-state index contributed by atoms with van der Waals surface area (Å²) in [5, 5.41) is 0. The van der Waals surface area contributed by atoms with Crippen molar-refractivity contribution in [3.63, 3.8) is 0 Å². The lowest BCUT2D eigenvalue weighted by Crippen LogP contribution is -2.27. The number of hydrogen-bond acceptors (Lipinski definition) is 3. The van der Waals surface area contributed by atoms with E-state index in [-0.39, 0.29) is 11.8 Å². The highest BCUT2D eigenvalue weighted by atomic mass is 79.9. The van der Waals surface area contributed by atoms with Crippen molar-refractivity contribution in [3.05, 3.63) is 32.7 Å². The van der Waals surface area contributed by atoms with E-state index >= 15 is 0 Å². The summed E-state index contributed by atoms with van der Waals surface area (Å²) in [6.45, 7) is 3.65. The van der Waals surface area contributed by atoms with Gasteiger partial charge in [0.05, 0.1) is 6.61 Å². The number of halogens is 1. The lowest BCUT2D eigenvalue weighted by atomic mass is 10.2. The molecule has 1 aromatic heterocycles. The monoisotopic (exact) mass is 315 g/mol. The van der Waals surface area contributed by atoms with Crippen molar-refractivity contribution < 1.29 is 9.47 Å². The molecule has 0 bridgehead atoms. The van der Waals surface area contributed by atoms with Crippen molar-refractivity contribution in [2.24, 2.45) is 0 Å². The van der Waals surface area contributed by atoms with Crippen molar-refractivity contribution in [2.45, 2.75) is 39.0 Å². The summed E-state index contributed by atoms with van der Waals surface area (Å²) in [5.74, 6) is 0. The summed E-state index contributed by atoms with van der Waals surface area (Å²) in [6.07, 6.45) is 4.92. The van der Waals surface area contributed by atoms with Crippen LogP contribution >= 0.6 is 15.9 Å². The maximum atomic E-state index is 11.9. The minimum Gasteiger partial charge on any atom is -0.353 e. The van der Waals surface area contributed by atoms with Crippen LogP contribution in [0.3, 0.4) is 0 Å². The predicted molar refractivity (Wildman–Crippen MR) is 72.7 cm³/mol. The van der Waals surface area contributed by atoms with Crippen molar-refractivity contribution in [2.75, 3.05) is 13.2 Å². The summed E-state index contributed by atoms with van der Waals surface area (Å²) in [6, 6.07) is 1.82.